The molecule has 40 heavy (non-hydrogen) atoms. The number of hydrogen-bond acceptors (Lipinski definition) is 7. The molecule has 10 heteroatoms. The van der Waals surface area contributed by atoms with Crippen molar-refractivity contribution in [1.82, 2.24) is 19.4 Å². The number of benzene rings is 1. The monoisotopic (exact) mass is 564 g/mol. The van der Waals surface area contributed by atoms with Gasteiger partial charge >= 0.3 is 5.69 Å². The van der Waals surface area contributed by atoms with Crippen molar-refractivity contribution in [2.45, 2.75) is 52.6 Å². The Kier molecular flexibility index (Phi) is 8.14. The van der Waals surface area contributed by atoms with E-state index in [0.29, 0.717) is 67.1 Å². The van der Waals surface area contributed by atoms with E-state index in [1.165, 1.54) is 6.08 Å². The lowest BCUT2D eigenvalue weighted by molar-refractivity contribution is -0.126. The van der Waals surface area contributed by atoms with Gasteiger partial charge in [0.2, 0.25) is 5.91 Å². The van der Waals surface area contributed by atoms with E-state index in [0.717, 1.165) is 29.7 Å². The molecule has 0 spiro atoms. The first kappa shape index (κ1) is 28.1. The lowest BCUT2D eigenvalue weighted by Crippen LogP contribution is -2.54. The summed E-state index contributed by atoms with van der Waals surface area (Å²) in [5.41, 5.74) is 3.10. The number of morpholine rings is 1. The van der Waals surface area contributed by atoms with E-state index in [9.17, 15) is 9.59 Å². The van der Waals surface area contributed by atoms with Crippen LogP contribution in [0.25, 0.3) is 16.7 Å². The third-order valence-electron chi connectivity index (χ3n) is 8.00. The van der Waals surface area contributed by atoms with Crippen molar-refractivity contribution in [3.05, 3.63) is 63.6 Å². The van der Waals surface area contributed by atoms with Crippen LogP contribution in [0.15, 0.2) is 41.7 Å². The number of pyridine rings is 1. The van der Waals surface area contributed by atoms with Gasteiger partial charge in [-0.25, -0.2) is 14.3 Å². The van der Waals surface area contributed by atoms with Gasteiger partial charge in [0, 0.05) is 32.2 Å². The molecular weight excluding hydrogens is 528 g/mol. The van der Waals surface area contributed by atoms with Crippen LogP contribution in [0.4, 0.5) is 11.6 Å². The molecule has 2 fully saturated rings. The number of aryl methyl sites for hydroxylation is 2. The number of halogens is 1. The minimum absolute atomic E-state index is 0.0737. The third kappa shape index (κ3) is 4.97. The van der Waals surface area contributed by atoms with Crippen LogP contribution < -0.4 is 15.5 Å². The topological polar surface area (TPSA) is 83.8 Å². The van der Waals surface area contributed by atoms with Crippen molar-refractivity contribution in [3.63, 3.8) is 0 Å². The molecule has 2 aliphatic heterocycles. The Morgan fingerprint density at radius 3 is 2.40 bits per heavy atom. The highest BCUT2D eigenvalue weighted by atomic mass is 35.5. The second kappa shape index (κ2) is 11.6. The highest BCUT2D eigenvalue weighted by Gasteiger charge is 2.31. The molecule has 0 bridgehead atoms. The van der Waals surface area contributed by atoms with Crippen molar-refractivity contribution in [1.29, 1.82) is 0 Å². The second-order valence-corrected chi connectivity index (χ2v) is 10.9. The summed E-state index contributed by atoms with van der Waals surface area (Å²) < 4.78 is 7.33. The molecule has 2 aliphatic rings. The minimum Gasteiger partial charge on any atom is -0.377 e. The van der Waals surface area contributed by atoms with Crippen LogP contribution in [0.5, 0.6) is 0 Å². The van der Waals surface area contributed by atoms with E-state index in [-0.39, 0.29) is 23.7 Å². The minimum atomic E-state index is -0.384. The van der Waals surface area contributed by atoms with Gasteiger partial charge in [0.05, 0.1) is 35.4 Å². The first-order chi connectivity index (χ1) is 19.3. The summed E-state index contributed by atoms with van der Waals surface area (Å²) >= 11 is 6.95. The van der Waals surface area contributed by atoms with Gasteiger partial charge in [-0.15, -0.1) is 0 Å². The van der Waals surface area contributed by atoms with Gasteiger partial charge in [-0.1, -0.05) is 50.2 Å². The number of para-hydroxylation sites is 1. The number of anilines is 2. The van der Waals surface area contributed by atoms with E-state index in [2.05, 4.69) is 54.3 Å². The van der Waals surface area contributed by atoms with Crippen LogP contribution in [-0.4, -0.2) is 76.8 Å². The van der Waals surface area contributed by atoms with Crippen molar-refractivity contribution < 1.29 is 9.53 Å². The average Bonchev–Trinajstić information content (AvgIpc) is 2.96. The number of carbonyl (C=O) groups excluding carboxylic acids is 1. The molecule has 0 aliphatic carbocycles. The predicted octanol–water partition coefficient (Wildman–Crippen LogP) is 4.01. The summed E-state index contributed by atoms with van der Waals surface area (Å²) in [5, 5.41) is 1.21. The Balaban J connectivity index is 1.76. The fourth-order valence-corrected chi connectivity index (χ4v) is 6.12. The quantitative estimate of drug-likeness (QED) is 0.418. The molecule has 9 nitrogen and oxygen atoms in total. The Morgan fingerprint density at radius 2 is 1.77 bits per heavy atom. The molecule has 2 atom stereocenters. The number of carbonyl (C=O) groups is 1. The molecule has 0 unspecified atom stereocenters. The number of ether oxygens (including phenoxy) is 1. The molecule has 4 heterocycles. The SMILES string of the molecule is C=CC(=O)N1CCN(c2nc(=O)n(-c3c(CC)cccc3CC)c3nc(N4CCOC[C@H]4C)c(Cl)cc23)[C@@H](C)C1. The zero-order valence-corrected chi connectivity index (χ0v) is 24.4. The summed E-state index contributed by atoms with van der Waals surface area (Å²) in [6.45, 7) is 15.3. The summed E-state index contributed by atoms with van der Waals surface area (Å²) in [5.74, 6) is 1.08. The van der Waals surface area contributed by atoms with Crippen molar-refractivity contribution >= 4 is 40.2 Å². The highest BCUT2D eigenvalue weighted by Crippen LogP contribution is 2.35. The Hall–Kier alpha value is -3.43. The van der Waals surface area contributed by atoms with Gasteiger partial charge in [0.25, 0.3) is 0 Å². The first-order valence-electron chi connectivity index (χ1n) is 14.1. The lowest BCUT2D eigenvalue weighted by Gasteiger charge is -2.40. The Labute approximate surface area is 240 Å². The number of amides is 1. The fraction of sp³-hybridized carbons (Fsp3) is 0.467. The largest absolute Gasteiger partial charge is 0.377 e. The molecule has 0 radical (unpaired) electrons. The molecular formula is C30H37ClN6O3. The van der Waals surface area contributed by atoms with Gasteiger partial charge in [-0.05, 0) is 50.0 Å². The van der Waals surface area contributed by atoms with E-state index in [4.69, 9.17) is 21.3 Å². The molecule has 3 aromatic rings. The molecule has 212 valence electrons. The number of hydrogen-bond donors (Lipinski definition) is 0. The standard InChI is InChI=1S/C30H37ClN6O3/c1-6-21-10-9-11-22(7-2)26(21)37-28-23(16-24(31)29(32-28)36-14-15-40-18-20(36)5)27(33-30(37)39)35-13-12-34(17-19(35)4)25(38)8-3/h8-11,16,19-20H,3,6-7,12-15,17-18H2,1-2,4-5H3/t19-,20+/m0/s1. The predicted molar refractivity (Wildman–Crippen MR) is 160 cm³/mol. The Morgan fingerprint density at radius 1 is 1.07 bits per heavy atom. The van der Waals surface area contributed by atoms with E-state index in [1.807, 2.05) is 19.1 Å². The maximum atomic E-state index is 14.0. The zero-order chi connectivity index (χ0) is 28.6. The normalized spacial score (nSPS) is 19.8. The fourth-order valence-electron chi connectivity index (χ4n) is 5.86. The van der Waals surface area contributed by atoms with Crippen molar-refractivity contribution in [2.75, 3.05) is 49.2 Å². The van der Waals surface area contributed by atoms with Crippen LogP contribution in [0.1, 0.15) is 38.8 Å². The molecule has 0 saturated carbocycles. The number of fused-ring (bicyclic) bond motifs is 1. The van der Waals surface area contributed by atoms with Crippen molar-refractivity contribution in [2.24, 2.45) is 0 Å². The molecule has 1 amide bonds. The summed E-state index contributed by atoms with van der Waals surface area (Å²) in [7, 11) is 0. The highest BCUT2D eigenvalue weighted by molar-refractivity contribution is 6.33. The summed E-state index contributed by atoms with van der Waals surface area (Å²) in [6, 6.07) is 8.05. The first-order valence-corrected chi connectivity index (χ1v) is 14.4. The van der Waals surface area contributed by atoms with Crippen LogP contribution in [0.3, 0.4) is 0 Å². The van der Waals surface area contributed by atoms with Gasteiger partial charge in [0.1, 0.15) is 11.6 Å². The van der Waals surface area contributed by atoms with Gasteiger partial charge in [-0.3, -0.25) is 4.79 Å². The maximum Gasteiger partial charge on any atom is 0.355 e. The smallest absolute Gasteiger partial charge is 0.355 e. The van der Waals surface area contributed by atoms with E-state index < -0.39 is 0 Å². The van der Waals surface area contributed by atoms with Crippen LogP contribution in [-0.2, 0) is 22.4 Å². The summed E-state index contributed by atoms with van der Waals surface area (Å²) in [6.07, 6.45) is 2.86. The van der Waals surface area contributed by atoms with E-state index >= 15 is 0 Å². The number of piperazine rings is 1. The molecule has 2 saturated heterocycles. The maximum absolute atomic E-state index is 14.0. The lowest BCUT2D eigenvalue weighted by atomic mass is 10.0. The van der Waals surface area contributed by atoms with Crippen LogP contribution in [0.2, 0.25) is 5.02 Å². The second-order valence-electron chi connectivity index (χ2n) is 10.5. The molecule has 2 aromatic heterocycles. The number of rotatable bonds is 6. The Bertz CT molecular complexity index is 1480. The molecule has 5 rings (SSSR count). The van der Waals surface area contributed by atoms with Crippen molar-refractivity contribution in [3.8, 4) is 5.69 Å². The van der Waals surface area contributed by atoms with Gasteiger partial charge in [0.15, 0.2) is 5.65 Å². The molecule has 1 aromatic carbocycles. The number of nitrogens with zero attached hydrogens (tertiary/aromatic N) is 6. The summed E-state index contributed by atoms with van der Waals surface area (Å²) in [4.78, 5) is 42.1. The van der Waals surface area contributed by atoms with Gasteiger partial charge < -0.3 is 19.4 Å². The van der Waals surface area contributed by atoms with Crippen LogP contribution >= 0.6 is 11.6 Å². The zero-order valence-electron chi connectivity index (χ0n) is 23.7. The van der Waals surface area contributed by atoms with Crippen LogP contribution in [0, 0.1) is 0 Å². The number of aromatic nitrogens is 3. The molecule has 0 N–H and O–H groups in total. The van der Waals surface area contributed by atoms with Gasteiger partial charge in [-0.2, -0.15) is 4.98 Å². The third-order valence-corrected chi connectivity index (χ3v) is 8.28. The van der Waals surface area contributed by atoms with E-state index in [1.54, 1.807) is 9.47 Å². The average molecular weight is 565 g/mol.